The molecular weight excluding hydrogens is 362 g/mol. The average Bonchev–Trinajstić information content (AvgIpc) is 2.44. The van der Waals surface area contributed by atoms with E-state index in [2.05, 4.69) is 26.8 Å². The Bertz CT molecular complexity index is 219. The van der Waals surface area contributed by atoms with Gasteiger partial charge in [0.2, 0.25) is 0 Å². The summed E-state index contributed by atoms with van der Waals surface area (Å²) in [5.41, 5.74) is 0. The molecule has 114 valence electrons. The molecule has 1 nitrogen and oxygen atoms in total. The van der Waals surface area contributed by atoms with Gasteiger partial charge in [-0.3, -0.25) is 0 Å². The first-order chi connectivity index (χ1) is 9.16. The van der Waals surface area contributed by atoms with Gasteiger partial charge in [-0.15, -0.1) is 0 Å². The standard InChI is InChI=1S/C4H6ClO.3C4H9.Sn/c5-3-1-2-4-6;3*1-3-4-2;/h1,6H,2,4H2;3*1,3-4H2,2H3;. The van der Waals surface area contributed by atoms with Crippen LogP contribution in [0.25, 0.3) is 0 Å². The molecular formula is C16H33ClOSn. The Morgan fingerprint density at radius 1 is 0.947 bits per heavy atom. The number of unbranched alkanes of at least 4 members (excludes halogenated alkanes) is 3. The summed E-state index contributed by atoms with van der Waals surface area (Å²) >= 11 is 4.40. The van der Waals surface area contributed by atoms with Crippen molar-refractivity contribution in [1.82, 2.24) is 0 Å². The molecule has 0 heterocycles. The zero-order valence-electron chi connectivity index (χ0n) is 13.2. The zero-order chi connectivity index (χ0) is 14.6. The van der Waals surface area contributed by atoms with Crippen molar-refractivity contribution in [2.24, 2.45) is 0 Å². The van der Waals surface area contributed by atoms with Gasteiger partial charge in [0.25, 0.3) is 0 Å². The van der Waals surface area contributed by atoms with E-state index in [4.69, 9.17) is 16.7 Å². The molecule has 19 heavy (non-hydrogen) atoms. The maximum atomic E-state index is 9.03. The molecule has 0 atom stereocenters. The average molecular weight is 396 g/mol. The Kier molecular flexibility index (Phi) is 13.0. The van der Waals surface area contributed by atoms with Crippen LogP contribution in [0.3, 0.4) is 0 Å². The Hall–Kier alpha value is 0.789. The van der Waals surface area contributed by atoms with Gasteiger partial charge in [-0.1, -0.05) is 0 Å². The summed E-state index contributed by atoms with van der Waals surface area (Å²) in [5.74, 6) is 0. The third kappa shape index (κ3) is 7.96. The van der Waals surface area contributed by atoms with Gasteiger partial charge in [-0.2, -0.15) is 0 Å². The summed E-state index contributed by atoms with van der Waals surface area (Å²) in [7, 11) is 0. The van der Waals surface area contributed by atoms with E-state index in [1.54, 1.807) is 0 Å². The van der Waals surface area contributed by atoms with Crippen LogP contribution in [0, 0.1) is 0 Å². The van der Waals surface area contributed by atoms with Crippen molar-refractivity contribution in [2.45, 2.75) is 79.0 Å². The molecule has 0 aliphatic heterocycles. The third-order valence-corrected chi connectivity index (χ3v) is 21.5. The van der Waals surface area contributed by atoms with Gasteiger partial charge in [-0.25, -0.2) is 0 Å². The normalized spacial score (nSPS) is 13.0. The molecule has 0 radical (unpaired) electrons. The van der Waals surface area contributed by atoms with Gasteiger partial charge in [0.15, 0.2) is 0 Å². The summed E-state index contributed by atoms with van der Waals surface area (Å²) < 4.78 is 5.45. The van der Waals surface area contributed by atoms with Crippen molar-refractivity contribution in [3.63, 3.8) is 0 Å². The molecule has 0 fully saturated rings. The molecule has 0 amide bonds. The van der Waals surface area contributed by atoms with Crippen molar-refractivity contribution in [1.29, 1.82) is 0 Å². The summed E-state index contributed by atoms with van der Waals surface area (Å²) in [4.78, 5) is 0. The molecule has 0 aliphatic carbocycles. The van der Waals surface area contributed by atoms with Gasteiger partial charge >= 0.3 is 130 Å². The van der Waals surface area contributed by atoms with Crippen LogP contribution in [-0.4, -0.2) is 30.1 Å². The molecule has 0 aromatic carbocycles. The number of aliphatic hydroxyl groups excluding tert-OH is 1. The van der Waals surface area contributed by atoms with E-state index in [-0.39, 0.29) is 6.61 Å². The minimum absolute atomic E-state index is 0.230. The first kappa shape index (κ1) is 19.8. The van der Waals surface area contributed by atoms with E-state index in [0.29, 0.717) is 0 Å². The van der Waals surface area contributed by atoms with Crippen molar-refractivity contribution in [2.75, 3.05) is 6.61 Å². The second-order valence-corrected chi connectivity index (χ2v) is 20.1. The van der Waals surface area contributed by atoms with E-state index in [0.717, 1.165) is 6.42 Å². The first-order valence-electron chi connectivity index (χ1n) is 8.13. The first-order valence-corrected chi connectivity index (χ1v) is 16.0. The van der Waals surface area contributed by atoms with E-state index >= 15 is 0 Å². The number of rotatable bonds is 12. The second kappa shape index (κ2) is 12.5. The van der Waals surface area contributed by atoms with Crippen LogP contribution < -0.4 is 0 Å². The van der Waals surface area contributed by atoms with Gasteiger partial charge in [0.05, 0.1) is 0 Å². The third-order valence-electron chi connectivity index (χ3n) is 3.99. The Morgan fingerprint density at radius 2 is 1.37 bits per heavy atom. The Balaban J connectivity index is 4.95. The monoisotopic (exact) mass is 396 g/mol. The van der Waals surface area contributed by atoms with Gasteiger partial charge < -0.3 is 0 Å². The summed E-state index contributed by atoms with van der Waals surface area (Å²) in [6.07, 6.45) is 10.7. The number of hydrogen-bond donors (Lipinski definition) is 1. The number of hydrogen-bond acceptors (Lipinski definition) is 1. The van der Waals surface area contributed by atoms with E-state index < -0.39 is 18.4 Å². The van der Waals surface area contributed by atoms with E-state index in [1.165, 1.54) is 54.9 Å². The zero-order valence-corrected chi connectivity index (χ0v) is 16.8. The predicted octanol–water partition coefficient (Wildman–Crippen LogP) is 5.88. The van der Waals surface area contributed by atoms with Crippen LogP contribution in [0.2, 0.25) is 13.3 Å². The molecule has 0 aromatic heterocycles. The van der Waals surface area contributed by atoms with Crippen LogP contribution in [0.1, 0.15) is 65.7 Å². The minimum atomic E-state index is -2.34. The van der Waals surface area contributed by atoms with Crippen LogP contribution >= 0.6 is 11.6 Å². The molecule has 0 aromatic rings. The van der Waals surface area contributed by atoms with Crippen LogP contribution in [0.4, 0.5) is 0 Å². The summed E-state index contributed by atoms with van der Waals surface area (Å²) in [6.45, 7) is 7.07. The van der Waals surface area contributed by atoms with Gasteiger partial charge in [-0.05, 0) is 0 Å². The number of halogens is 1. The molecule has 0 spiro atoms. The van der Waals surface area contributed by atoms with Crippen molar-refractivity contribution in [3.8, 4) is 0 Å². The van der Waals surface area contributed by atoms with Gasteiger partial charge in [0, 0.05) is 0 Å². The SMILES string of the molecule is CCC[CH2][Sn]([CH2]CCC)([CH2]CCC)/[C](Cl)=C/CCO. The molecule has 0 aliphatic rings. The molecule has 0 saturated carbocycles. The molecule has 0 unspecified atom stereocenters. The fourth-order valence-corrected chi connectivity index (χ4v) is 19.4. The van der Waals surface area contributed by atoms with E-state index in [1.807, 2.05) is 0 Å². The molecule has 0 saturated heterocycles. The second-order valence-electron chi connectivity index (χ2n) is 5.66. The molecule has 0 rings (SSSR count). The van der Waals surface area contributed by atoms with Crippen LogP contribution in [-0.2, 0) is 0 Å². The molecule has 3 heteroatoms. The maximum absolute atomic E-state index is 9.03. The predicted molar refractivity (Wildman–Crippen MR) is 90.5 cm³/mol. The van der Waals surface area contributed by atoms with E-state index in [9.17, 15) is 0 Å². The Labute approximate surface area is 129 Å². The summed E-state index contributed by atoms with van der Waals surface area (Å²) in [5, 5.41) is 9.03. The fraction of sp³-hybridized carbons (Fsp3) is 0.875. The van der Waals surface area contributed by atoms with Gasteiger partial charge in [0.1, 0.15) is 0 Å². The molecule has 0 bridgehead atoms. The topological polar surface area (TPSA) is 20.2 Å². The van der Waals surface area contributed by atoms with Crippen molar-refractivity contribution < 1.29 is 5.11 Å². The molecule has 1 N–H and O–H groups in total. The van der Waals surface area contributed by atoms with Crippen molar-refractivity contribution >= 4 is 30.0 Å². The fourth-order valence-electron chi connectivity index (χ4n) is 2.69. The van der Waals surface area contributed by atoms with Crippen molar-refractivity contribution in [3.05, 3.63) is 9.12 Å². The van der Waals surface area contributed by atoms with Crippen LogP contribution in [0.15, 0.2) is 9.12 Å². The summed E-state index contributed by atoms with van der Waals surface area (Å²) in [6, 6.07) is 0. The van der Waals surface area contributed by atoms with Crippen LogP contribution in [0.5, 0.6) is 0 Å². The Morgan fingerprint density at radius 3 is 1.68 bits per heavy atom. The quantitative estimate of drug-likeness (QED) is 0.409. The number of aliphatic hydroxyl groups is 1.